The Morgan fingerprint density at radius 1 is 0.710 bits per heavy atom. The van der Waals surface area contributed by atoms with E-state index in [9.17, 15) is 4.79 Å². The van der Waals surface area contributed by atoms with Crippen LogP contribution in [0.15, 0.2) is 36.4 Å². The first kappa shape index (κ1) is 22.9. The summed E-state index contributed by atoms with van der Waals surface area (Å²) in [6.07, 6.45) is 0. The Labute approximate surface area is 188 Å². The van der Waals surface area contributed by atoms with Crippen molar-refractivity contribution < 1.29 is 9.53 Å². The van der Waals surface area contributed by atoms with Crippen LogP contribution in [0.4, 0.5) is 0 Å². The first-order valence-corrected chi connectivity index (χ1v) is 17.6. The molecule has 4 heteroatoms. The van der Waals surface area contributed by atoms with Gasteiger partial charge in [0.25, 0.3) is 0 Å². The summed E-state index contributed by atoms with van der Waals surface area (Å²) in [6.45, 7) is 16.9. The van der Waals surface area contributed by atoms with E-state index in [1.165, 1.54) is 17.9 Å². The second kappa shape index (κ2) is 8.38. The number of benzene rings is 3. The van der Waals surface area contributed by atoms with Gasteiger partial charge in [-0.1, -0.05) is 57.2 Å². The van der Waals surface area contributed by atoms with Crippen LogP contribution in [0.3, 0.4) is 0 Å². The fourth-order valence-corrected chi connectivity index (χ4v) is 4.19. The molecule has 3 rings (SSSR count). The Bertz CT molecular complexity index is 1320. The highest BCUT2D eigenvalue weighted by atomic mass is 28.3. The second-order valence-corrected chi connectivity index (χ2v) is 19.7. The van der Waals surface area contributed by atoms with Crippen LogP contribution in [-0.4, -0.2) is 22.1 Å². The van der Waals surface area contributed by atoms with Crippen LogP contribution in [0.2, 0.25) is 39.3 Å². The third-order valence-corrected chi connectivity index (χ3v) is 6.39. The van der Waals surface area contributed by atoms with Crippen LogP contribution in [-0.2, 0) is 4.79 Å². The predicted molar refractivity (Wildman–Crippen MR) is 138 cm³/mol. The minimum Gasteiger partial charge on any atom is -0.425 e. The van der Waals surface area contributed by atoms with Gasteiger partial charge in [0.1, 0.15) is 21.9 Å². The molecule has 0 amide bonds. The van der Waals surface area contributed by atoms with Crippen LogP contribution in [0, 0.1) is 29.9 Å². The highest BCUT2D eigenvalue weighted by Gasteiger charge is 2.12. The highest BCUT2D eigenvalue weighted by Crippen LogP contribution is 2.31. The maximum absolute atomic E-state index is 11.7. The first-order valence-electron chi connectivity index (χ1n) is 10.6. The number of aryl methyl sites for hydroxylation is 1. The molecule has 0 atom stereocenters. The van der Waals surface area contributed by atoms with Crippen molar-refractivity contribution in [2.24, 2.45) is 0 Å². The number of esters is 1. The molecule has 0 unspecified atom stereocenters. The van der Waals surface area contributed by atoms with Gasteiger partial charge in [-0.05, 0) is 64.4 Å². The number of ether oxygens (including phenoxy) is 1. The molecule has 0 saturated carbocycles. The summed E-state index contributed by atoms with van der Waals surface area (Å²) in [5, 5.41) is 4.42. The monoisotopic (exact) mass is 442 g/mol. The van der Waals surface area contributed by atoms with Crippen LogP contribution in [0.25, 0.3) is 21.5 Å². The lowest BCUT2D eigenvalue weighted by atomic mass is 9.97. The molecule has 3 aromatic carbocycles. The number of carbonyl (C=O) groups is 1. The molecule has 3 aromatic rings. The molecule has 0 aliphatic carbocycles. The van der Waals surface area contributed by atoms with Gasteiger partial charge >= 0.3 is 5.97 Å². The minimum atomic E-state index is -1.56. The quantitative estimate of drug-likeness (QED) is 0.138. The molecule has 0 saturated heterocycles. The summed E-state index contributed by atoms with van der Waals surface area (Å²) >= 11 is 0. The molecular formula is C27H30O2Si2. The summed E-state index contributed by atoms with van der Waals surface area (Å²) in [5.41, 5.74) is 9.87. The van der Waals surface area contributed by atoms with E-state index in [1.807, 2.05) is 12.1 Å². The normalized spacial score (nSPS) is 11.5. The zero-order valence-corrected chi connectivity index (χ0v) is 21.8. The number of carbonyl (C=O) groups excluding carboxylic acids is 1. The van der Waals surface area contributed by atoms with E-state index < -0.39 is 16.1 Å². The average Bonchev–Trinajstić information content (AvgIpc) is 2.61. The second-order valence-electron chi connectivity index (χ2n) is 10.2. The zero-order valence-electron chi connectivity index (χ0n) is 19.8. The van der Waals surface area contributed by atoms with E-state index in [0.717, 1.165) is 27.3 Å². The molecule has 0 radical (unpaired) electrons. The maximum Gasteiger partial charge on any atom is 0.308 e. The standard InChI is InChI=1S/C27H30O2Si2/c1-19-13-23-16-25-15-22(10-12-31(6,7)8)27(29-20(2)28)18-26(25)17-24(23)14-21(19)9-11-30(3,4)5/h13-18H,1-8H3. The van der Waals surface area contributed by atoms with Gasteiger partial charge in [0, 0.05) is 12.5 Å². The number of hydrogen-bond acceptors (Lipinski definition) is 2. The van der Waals surface area contributed by atoms with Crippen molar-refractivity contribution in [1.82, 2.24) is 0 Å². The number of rotatable bonds is 1. The lowest BCUT2D eigenvalue weighted by Crippen LogP contribution is -2.16. The fraction of sp³-hybridized carbons (Fsp3) is 0.296. The average molecular weight is 443 g/mol. The summed E-state index contributed by atoms with van der Waals surface area (Å²) in [5.74, 6) is 6.86. The Morgan fingerprint density at radius 3 is 1.68 bits per heavy atom. The van der Waals surface area contributed by atoms with E-state index in [-0.39, 0.29) is 5.97 Å². The van der Waals surface area contributed by atoms with Gasteiger partial charge in [0.15, 0.2) is 0 Å². The summed E-state index contributed by atoms with van der Waals surface area (Å²) < 4.78 is 5.51. The van der Waals surface area contributed by atoms with Gasteiger partial charge in [-0.3, -0.25) is 4.79 Å². The Morgan fingerprint density at radius 2 is 1.16 bits per heavy atom. The molecule has 0 heterocycles. The van der Waals surface area contributed by atoms with E-state index >= 15 is 0 Å². The van der Waals surface area contributed by atoms with Gasteiger partial charge in [-0.15, -0.1) is 11.1 Å². The Balaban J connectivity index is 2.22. The molecule has 0 aliphatic heterocycles. The van der Waals surface area contributed by atoms with Crippen molar-refractivity contribution >= 4 is 43.7 Å². The number of fused-ring (bicyclic) bond motifs is 2. The molecule has 0 N–H and O–H groups in total. The lowest BCUT2D eigenvalue weighted by Gasteiger charge is -2.11. The van der Waals surface area contributed by atoms with Crippen molar-refractivity contribution in [3.63, 3.8) is 0 Å². The van der Waals surface area contributed by atoms with Crippen LogP contribution in [0.1, 0.15) is 23.6 Å². The van der Waals surface area contributed by atoms with Gasteiger partial charge in [-0.2, -0.15) is 0 Å². The number of hydrogen-bond donors (Lipinski definition) is 0. The van der Waals surface area contributed by atoms with E-state index in [2.05, 4.69) is 93.4 Å². The van der Waals surface area contributed by atoms with Crippen molar-refractivity contribution in [3.8, 4) is 28.7 Å². The SMILES string of the molecule is CC(=O)Oc1cc2cc3cc(C#C[Si](C)(C)C)c(C)cc3cc2cc1C#C[Si](C)(C)C. The zero-order chi connectivity index (χ0) is 23.0. The van der Waals surface area contributed by atoms with Gasteiger partial charge in [0.2, 0.25) is 0 Å². The van der Waals surface area contributed by atoms with Crippen LogP contribution >= 0.6 is 0 Å². The molecule has 0 aromatic heterocycles. The van der Waals surface area contributed by atoms with Gasteiger partial charge < -0.3 is 4.74 Å². The molecule has 0 spiro atoms. The third kappa shape index (κ3) is 6.10. The topological polar surface area (TPSA) is 26.3 Å². The van der Waals surface area contributed by atoms with Crippen molar-refractivity contribution in [2.45, 2.75) is 53.1 Å². The predicted octanol–water partition coefficient (Wildman–Crippen LogP) is 6.68. The minimum absolute atomic E-state index is 0.337. The largest absolute Gasteiger partial charge is 0.425 e. The molecule has 2 nitrogen and oxygen atoms in total. The fourth-order valence-electron chi connectivity index (χ4n) is 3.18. The third-order valence-electron chi connectivity index (χ3n) is 4.64. The summed E-state index contributed by atoms with van der Waals surface area (Å²) in [6, 6.07) is 12.7. The lowest BCUT2D eigenvalue weighted by molar-refractivity contribution is -0.131. The van der Waals surface area contributed by atoms with Crippen LogP contribution in [0.5, 0.6) is 5.75 Å². The molecular weight excluding hydrogens is 412 g/mol. The summed E-state index contributed by atoms with van der Waals surface area (Å²) in [4.78, 5) is 11.7. The molecule has 31 heavy (non-hydrogen) atoms. The smallest absolute Gasteiger partial charge is 0.308 e. The van der Waals surface area contributed by atoms with Gasteiger partial charge in [-0.25, -0.2) is 0 Å². The van der Waals surface area contributed by atoms with E-state index in [0.29, 0.717) is 5.75 Å². The molecule has 0 aliphatic rings. The summed E-state index contributed by atoms with van der Waals surface area (Å²) in [7, 11) is -3.01. The van der Waals surface area contributed by atoms with E-state index in [1.54, 1.807) is 0 Å². The van der Waals surface area contributed by atoms with Crippen molar-refractivity contribution in [3.05, 3.63) is 53.1 Å². The Hall–Kier alpha value is -2.80. The van der Waals surface area contributed by atoms with Gasteiger partial charge in [0.05, 0.1) is 5.56 Å². The Kier molecular flexibility index (Phi) is 6.19. The van der Waals surface area contributed by atoms with Crippen molar-refractivity contribution in [2.75, 3.05) is 0 Å². The maximum atomic E-state index is 11.7. The molecule has 0 fully saturated rings. The molecule has 158 valence electrons. The van der Waals surface area contributed by atoms with Crippen molar-refractivity contribution in [1.29, 1.82) is 0 Å². The first-order chi connectivity index (χ1) is 14.3. The molecule has 0 bridgehead atoms. The van der Waals surface area contributed by atoms with Crippen LogP contribution < -0.4 is 4.74 Å². The highest BCUT2D eigenvalue weighted by molar-refractivity contribution is 6.84. The van der Waals surface area contributed by atoms with E-state index in [4.69, 9.17) is 4.74 Å².